The van der Waals surface area contributed by atoms with Crippen molar-refractivity contribution in [3.63, 3.8) is 0 Å². The summed E-state index contributed by atoms with van der Waals surface area (Å²) in [7, 11) is 3.01. The van der Waals surface area contributed by atoms with Crippen molar-refractivity contribution >= 4 is 29.3 Å². The van der Waals surface area contributed by atoms with Gasteiger partial charge in [0.25, 0.3) is 5.56 Å². The number of fused-ring (bicyclic) bond motifs is 1. The van der Waals surface area contributed by atoms with E-state index in [0.717, 1.165) is 32.2 Å². The Bertz CT molecular complexity index is 1110. The highest BCUT2D eigenvalue weighted by Crippen LogP contribution is 2.34. The molecule has 176 valence electrons. The standard InChI is InChI=1S/C23H29N5O5/c1-4-13-7-5-6-10-28(13)23-26-20-19(22(31)27-23)15(12-18(29)25-20)21(30)24-16-9-8-14(32-2)11-17(16)33-3/h8-9,11,13,15H,4-7,10,12H2,1-3H3,(H,24,30)(H2,25,26,27,29,31)/t13-,15+/m0/s1. The van der Waals surface area contributed by atoms with Crippen LogP contribution in [0.2, 0.25) is 0 Å². The van der Waals surface area contributed by atoms with Gasteiger partial charge in [-0.25, -0.2) is 0 Å². The van der Waals surface area contributed by atoms with E-state index in [0.29, 0.717) is 23.1 Å². The van der Waals surface area contributed by atoms with Gasteiger partial charge in [0.2, 0.25) is 17.8 Å². The highest BCUT2D eigenvalue weighted by Gasteiger charge is 2.36. The number of rotatable bonds is 6. The number of piperidine rings is 1. The number of aromatic nitrogens is 2. The Labute approximate surface area is 191 Å². The molecule has 2 aromatic rings. The lowest BCUT2D eigenvalue weighted by Crippen LogP contribution is -2.43. The minimum absolute atomic E-state index is 0.146. The van der Waals surface area contributed by atoms with E-state index in [4.69, 9.17) is 9.47 Å². The topological polar surface area (TPSA) is 126 Å². The van der Waals surface area contributed by atoms with Crippen molar-refractivity contribution in [2.75, 3.05) is 36.3 Å². The smallest absolute Gasteiger partial charge is 0.258 e. The molecule has 1 saturated heterocycles. The Hall–Kier alpha value is -3.56. The number of carbonyl (C=O) groups is 2. The molecule has 2 aliphatic rings. The average molecular weight is 456 g/mol. The molecule has 3 N–H and O–H groups in total. The number of aromatic amines is 1. The molecular formula is C23H29N5O5. The summed E-state index contributed by atoms with van der Waals surface area (Å²) in [5.74, 6) is -0.271. The van der Waals surface area contributed by atoms with Crippen LogP contribution in [-0.4, -0.2) is 48.6 Å². The zero-order valence-electron chi connectivity index (χ0n) is 19.1. The van der Waals surface area contributed by atoms with Gasteiger partial charge in [-0.15, -0.1) is 0 Å². The number of anilines is 3. The highest BCUT2D eigenvalue weighted by molar-refractivity contribution is 6.05. The number of hydrogen-bond acceptors (Lipinski definition) is 7. The molecule has 2 amide bonds. The summed E-state index contributed by atoms with van der Waals surface area (Å²) in [6.45, 7) is 2.89. The number of carbonyl (C=O) groups excluding carboxylic acids is 2. The normalized spacial score (nSPS) is 20.0. The maximum atomic E-state index is 13.2. The third-order valence-electron chi connectivity index (χ3n) is 6.29. The summed E-state index contributed by atoms with van der Waals surface area (Å²) in [5.41, 5.74) is 0.154. The number of nitrogens with one attached hydrogen (secondary N) is 3. The number of methoxy groups -OCH3 is 2. The van der Waals surface area contributed by atoms with Crippen molar-refractivity contribution in [3.8, 4) is 11.5 Å². The molecule has 2 atom stereocenters. The first-order valence-corrected chi connectivity index (χ1v) is 11.2. The van der Waals surface area contributed by atoms with Crippen molar-refractivity contribution in [1.29, 1.82) is 0 Å². The fourth-order valence-corrected chi connectivity index (χ4v) is 4.54. The predicted octanol–water partition coefficient (Wildman–Crippen LogP) is 2.62. The van der Waals surface area contributed by atoms with Crippen LogP contribution in [0.3, 0.4) is 0 Å². The third-order valence-corrected chi connectivity index (χ3v) is 6.29. The summed E-state index contributed by atoms with van der Waals surface area (Å²) < 4.78 is 10.5. The van der Waals surface area contributed by atoms with Crippen LogP contribution in [0, 0.1) is 0 Å². The molecule has 0 spiro atoms. The molecule has 0 bridgehead atoms. The van der Waals surface area contributed by atoms with Gasteiger partial charge in [0.1, 0.15) is 17.3 Å². The zero-order chi connectivity index (χ0) is 23.5. The summed E-state index contributed by atoms with van der Waals surface area (Å²) in [6.07, 6.45) is 3.96. The molecule has 1 fully saturated rings. The van der Waals surface area contributed by atoms with Crippen LogP contribution in [0.4, 0.5) is 17.5 Å². The van der Waals surface area contributed by atoms with E-state index in [2.05, 4.69) is 32.4 Å². The van der Waals surface area contributed by atoms with Crippen molar-refractivity contribution in [2.45, 2.75) is 51.0 Å². The third kappa shape index (κ3) is 4.50. The van der Waals surface area contributed by atoms with E-state index in [9.17, 15) is 14.4 Å². The molecule has 1 aromatic carbocycles. The molecule has 4 rings (SSSR count). The van der Waals surface area contributed by atoms with E-state index in [1.165, 1.54) is 14.2 Å². The van der Waals surface area contributed by atoms with Crippen LogP contribution in [0.5, 0.6) is 11.5 Å². The van der Waals surface area contributed by atoms with Gasteiger partial charge in [-0.05, 0) is 37.8 Å². The molecule has 1 aromatic heterocycles. The summed E-state index contributed by atoms with van der Waals surface area (Å²) in [6, 6.07) is 5.25. The van der Waals surface area contributed by atoms with Crippen LogP contribution in [0.1, 0.15) is 50.5 Å². The van der Waals surface area contributed by atoms with Crippen LogP contribution in [0.15, 0.2) is 23.0 Å². The maximum absolute atomic E-state index is 13.2. The fraction of sp³-hybridized carbons (Fsp3) is 0.478. The van der Waals surface area contributed by atoms with E-state index in [1.54, 1.807) is 18.2 Å². The van der Waals surface area contributed by atoms with Crippen LogP contribution in [0.25, 0.3) is 0 Å². The number of nitrogens with zero attached hydrogens (tertiary/aromatic N) is 2. The number of H-pyrrole nitrogens is 1. The first-order valence-electron chi connectivity index (χ1n) is 11.2. The second-order valence-electron chi connectivity index (χ2n) is 8.26. The van der Waals surface area contributed by atoms with Gasteiger partial charge in [0, 0.05) is 25.1 Å². The summed E-state index contributed by atoms with van der Waals surface area (Å²) >= 11 is 0. The molecule has 2 aliphatic heterocycles. The predicted molar refractivity (Wildman–Crippen MR) is 124 cm³/mol. The lowest BCUT2D eigenvalue weighted by molar-refractivity contribution is -0.123. The number of benzene rings is 1. The minimum Gasteiger partial charge on any atom is -0.497 e. The summed E-state index contributed by atoms with van der Waals surface area (Å²) in [4.78, 5) is 48.2. The van der Waals surface area contributed by atoms with Gasteiger partial charge in [-0.3, -0.25) is 19.4 Å². The Kier molecular flexibility index (Phi) is 6.52. The Balaban J connectivity index is 1.65. The maximum Gasteiger partial charge on any atom is 0.258 e. The average Bonchev–Trinajstić information content (AvgIpc) is 2.83. The van der Waals surface area contributed by atoms with E-state index < -0.39 is 17.4 Å². The Morgan fingerprint density at radius 2 is 2.06 bits per heavy atom. The second kappa shape index (κ2) is 9.51. The quantitative estimate of drug-likeness (QED) is 0.611. The van der Waals surface area contributed by atoms with Gasteiger partial charge in [0.15, 0.2) is 0 Å². The molecule has 10 heteroatoms. The van der Waals surface area contributed by atoms with E-state index in [1.807, 2.05) is 0 Å². The van der Waals surface area contributed by atoms with E-state index in [-0.39, 0.29) is 29.8 Å². The lowest BCUT2D eigenvalue weighted by atomic mass is 9.92. The van der Waals surface area contributed by atoms with Crippen LogP contribution < -0.4 is 30.6 Å². The van der Waals surface area contributed by atoms with Crippen molar-refractivity contribution < 1.29 is 19.1 Å². The van der Waals surface area contributed by atoms with Gasteiger partial charge >= 0.3 is 0 Å². The van der Waals surface area contributed by atoms with Gasteiger partial charge in [0.05, 0.1) is 31.4 Å². The molecule has 0 saturated carbocycles. The largest absolute Gasteiger partial charge is 0.497 e. The number of ether oxygens (including phenoxy) is 2. The highest BCUT2D eigenvalue weighted by atomic mass is 16.5. The van der Waals surface area contributed by atoms with Gasteiger partial charge in [-0.1, -0.05) is 6.92 Å². The summed E-state index contributed by atoms with van der Waals surface area (Å²) in [5, 5.41) is 5.46. The molecule has 0 radical (unpaired) electrons. The van der Waals surface area contributed by atoms with Gasteiger partial charge in [-0.2, -0.15) is 4.98 Å². The molecule has 33 heavy (non-hydrogen) atoms. The molecular weight excluding hydrogens is 426 g/mol. The first kappa shape index (κ1) is 22.6. The van der Waals surface area contributed by atoms with E-state index >= 15 is 0 Å². The Morgan fingerprint density at radius 1 is 1.24 bits per heavy atom. The van der Waals surface area contributed by atoms with Crippen molar-refractivity contribution in [1.82, 2.24) is 9.97 Å². The lowest BCUT2D eigenvalue weighted by Gasteiger charge is -2.36. The Morgan fingerprint density at radius 3 is 2.79 bits per heavy atom. The fourth-order valence-electron chi connectivity index (χ4n) is 4.54. The van der Waals surface area contributed by atoms with Crippen LogP contribution in [-0.2, 0) is 9.59 Å². The molecule has 3 heterocycles. The molecule has 0 unspecified atom stereocenters. The van der Waals surface area contributed by atoms with Gasteiger partial charge < -0.3 is 25.0 Å². The second-order valence-corrected chi connectivity index (χ2v) is 8.26. The van der Waals surface area contributed by atoms with Crippen LogP contribution >= 0.6 is 0 Å². The van der Waals surface area contributed by atoms with Crippen molar-refractivity contribution in [2.24, 2.45) is 0 Å². The molecule has 0 aliphatic carbocycles. The molecule has 10 nitrogen and oxygen atoms in total. The number of amides is 2. The monoisotopic (exact) mass is 455 g/mol. The SMILES string of the molecule is CC[C@H]1CCCCN1c1nc2c(c(=O)[nH]1)[C@H](C(=O)Nc1ccc(OC)cc1OC)CC(=O)N2. The first-order chi connectivity index (χ1) is 15.9. The number of hydrogen-bond donors (Lipinski definition) is 3. The minimum atomic E-state index is -0.978. The van der Waals surface area contributed by atoms with Crippen molar-refractivity contribution in [3.05, 3.63) is 34.1 Å². The zero-order valence-corrected chi connectivity index (χ0v) is 19.1.